The van der Waals surface area contributed by atoms with Gasteiger partial charge in [0.25, 0.3) is 0 Å². The lowest BCUT2D eigenvalue weighted by atomic mass is 9.91. The third-order valence-corrected chi connectivity index (χ3v) is 6.53. The first-order valence-corrected chi connectivity index (χ1v) is 11.6. The van der Waals surface area contributed by atoms with Gasteiger partial charge in [-0.25, -0.2) is 19.6 Å². The number of aromatic nitrogens is 6. The van der Waals surface area contributed by atoms with Crippen molar-refractivity contribution in [1.29, 1.82) is 0 Å². The summed E-state index contributed by atoms with van der Waals surface area (Å²) >= 11 is 0. The molecule has 0 saturated carbocycles. The summed E-state index contributed by atoms with van der Waals surface area (Å²) in [5.74, 6) is 1.67. The monoisotopic (exact) mass is 471 g/mol. The number of nitrogens with one attached hydrogen (secondary N) is 1. The van der Waals surface area contributed by atoms with E-state index in [4.69, 9.17) is 14.5 Å². The van der Waals surface area contributed by atoms with Gasteiger partial charge in [-0.3, -0.25) is 4.79 Å². The van der Waals surface area contributed by atoms with E-state index in [-0.39, 0.29) is 17.7 Å². The highest BCUT2D eigenvalue weighted by Gasteiger charge is 2.30. The lowest BCUT2D eigenvalue weighted by Gasteiger charge is -2.23. The van der Waals surface area contributed by atoms with Crippen molar-refractivity contribution in [2.75, 3.05) is 20.3 Å². The van der Waals surface area contributed by atoms with Crippen LogP contribution in [0, 0.1) is 6.92 Å². The van der Waals surface area contributed by atoms with Crippen LogP contribution in [0.2, 0.25) is 0 Å². The van der Waals surface area contributed by atoms with Gasteiger partial charge in [-0.05, 0) is 36.6 Å². The Balaban J connectivity index is 1.34. The summed E-state index contributed by atoms with van der Waals surface area (Å²) in [5.41, 5.74) is 4.38. The molecule has 2 aliphatic rings. The molecular weight excluding hydrogens is 446 g/mol. The lowest BCUT2D eigenvalue weighted by molar-refractivity contribution is -0.120. The minimum absolute atomic E-state index is 0.0850. The minimum atomic E-state index is -0.109. The van der Waals surface area contributed by atoms with E-state index in [0.29, 0.717) is 37.3 Å². The van der Waals surface area contributed by atoms with Gasteiger partial charge in [0.05, 0.1) is 37.6 Å². The summed E-state index contributed by atoms with van der Waals surface area (Å²) in [6.45, 7) is 3.47. The van der Waals surface area contributed by atoms with E-state index < -0.39 is 0 Å². The summed E-state index contributed by atoms with van der Waals surface area (Å²) in [6.07, 6.45) is 4.46. The highest BCUT2D eigenvalue weighted by molar-refractivity contribution is 5.85. The molecule has 1 amide bonds. The molecule has 0 spiro atoms. The molecule has 1 aromatic carbocycles. The molecule has 1 fully saturated rings. The molecule has 0 aliphatic carbocycles. The number of carbonyl (C=O) groups is 1. The van der Waals surface area contributed by atoms with Crippen LogP contribution in [-0.4, -0.2) is 55.5 Å². The van der Waals surface area contributed by atoms with Crippen LogP contribution < -0.4 is 10.1 Å². The molecule has 0 bridgehead atoms. The van der Waals surface area contributed by atoms with Crippen LogP contribution in [-0.2, 0) is 16.3 Å². The van der Waals surface area contributed by atoms with E-state index in [2.05, 4.69) is 32.5 Å². The zero-order valence-corrected chi connectivity index (χ0v) is 19.5. The van der Waals surface area contributed by atoms with E-state index in [1.54, 1.807) is 18.1 Å². The zero-order chi connectivity index (χ0) is 23.9. The second kappa shape index (κ2) is 8.62. The number of hydrogen-bond acceptors (Lipinski definition) is 7. The second-order valence-corrected chi connectivity index (χ2v) is 8.80. The molecule has 178 valence electrons. The number of hydrogen-bond donors (Lipinski definition) is 1. The maximum Gasteiger partial charge on any atom is 0.238 e. The number of rotatable bonds is 5. The molecule has 5 heterocycles. The first-order chi connectivity index (χ1) is 17.1. The first-order valence-electron chi connectivity index (χ1n) is 11.6. The molecule has 2 unspecified atom stereocenters. The second-order valence-electron chi connectivity index (χ2n) is 8.80. The standard InChI is InChI=1S/C25H25N7O3/c1-15-11-31(13-27-15)21-7-6-20(28-25(21)34-2)22-29-23-19(12-35-14-32(23)30-22)17-5-3-4-16(10-17)18-8-9-26-24(18)33/h3-7,10-11,13,18-19H,8-9,12,14H2,1-2H3,(H,26,33). The first kappa shape index (κ1) is 21.5. The highest BCUT2D eigenvalue weighted by Crippen LogP contribution is 2.33. The summed E-state index contributed by atoms with van der Waals surface area (Å²) in [6, 6.07) is 12.0. The number of methoxy groups -OCH3 is 1. The van der Waals surface area contributed by atoms with Crippen LogP contribution >= 0.6 is 0 Å². The fraction of sp³-hybridized carbons (Fsp3) is 0.320. The van der Waals surface area contributed by atoms with Gasteiger partial charge in [-0.2, -0.15) is 0 Å². The van der Waals surface area contributed by atoms with E-state index in [1.165, 1.54) is 0 Å². The van der Waals surface area contributed by atoms with Gasteiger partial charge >= 0.3 is 0 Å². The van der Waals surface area contributed by atoms with E-state index in [0.717, 1.165) is 34.8 Å². The van der Waals surface area contributed by atoms with Gasteiger partial charge < -0.3 is 19.4 Å². The Morgan fingerprint density at radius 2 is 2.00 bits per heavy atom. The molecule has 1 N–H and O–H groups in total. The number of aryl methyl sites for hydroxylation is 1. The molecule has 35 heavy (non-hydrogen) atoms. The quantitative estimate of drug-likeness (QED) is 0.476. The van der Waals surface area contributed by atoms with Crippen molar-refractivity contribution in [2.45, 2.75) is 31.9 Å². The maximum atomic E-state index is 12.2. The molecule has 3 aromatic heterocycles. The number of imidazole rings is 1. The van der Waals surface area contributed by atoms with Crippen LogP contribution in [0.15, 0.2) is 48.9 Å². The van der Waals surface area contributed by atoms with Gasteiger partial charge in [-0.15, -0.1) is 5.10 Å². The molecule has 0 radical (unpaired) electrons. The SMILES string of the molecule is COc1nc(-c2nc3n(n2)COCC3c2cccc(C3CCNC3=O)c2)ccc1-n1cnc(C)c1. The minimum Gasteiger partial charge on any atom is -0.479 e. The molecule has 2 atom stereocenters. The summed E-state index contributed by atoms with van der Waals surface area (Å²) < 4.78 is 15.1. The number of benzene rings is 1. The Kier molecular flexibility index (Phi) is 5.29. The highest BCUT2D eigenvalue weighted by atomic mass is 16.5. The van der Waals surface area contributed by atoms with Gasteiger partial charge in [0.15, 0.2) is 5.82 Å². The van der Waals surface area contributed by atoms with Crippen LogP contribution in [0.3, 0.4) is 0 Å². The Morgan fingerprint density at radius 3 is 2.74 bits per heavy atom. The van der Waals surface area contributed by atoms with E-state index in [9.17, 15) is 4.79 Å². The van der Waals surface area contributed by atoms with E-state index in [1.807, 2.05) is 42.0 Å². The van der Waals surface area contributed by atoms with Gasteiger partial charge in [0.1, 0.15) is 23.9 Å². The predicted molar refractivity (Wildman–Crippen MR) is 126 cm³/mol. The fourth-order valence-corrected chi connectivity index (χ4v) is 4.75. The molecule has 4 aromatic rings. The average Bonchev–Trinajstić information content (AvgIpc) is 3.63. The largest absolute Gasteiger partial charge is 0.479 e. The zero-order valence-electron chi connectivity index (χ0n) is 19.5. The molecule has 6 rings (SSSR count). The summed E-state index contributed by atoms with van der Waals surface area (Å²) in [7, 11) is 1.59. The number of amides is 1. The molecule has 10 heteroatoms. The Morgan fingerprint density at radius 1 is 1.14 bits per heavy atom. The maximum absolute atomic E-state index is 12.2. The van der Waals surface area contributed by atoms with Crippen LogP contribution in [0.1, 0.15) is 40.9 Å². The van der Waals surface area contributed by atoms with Crippen LogP contribution in [0.25, 0.3) is 17.2 Å². The summed E-state index contributed by atoms with van der Waals surface area (Å²) in [4.78, 5) is 26.0. The normalized spacial score (nSPS) is 19.4. The lowest BCUT2D eigenvalue weighted by Crippen LogP contribution is -2.24. The van der Waals surface area contributed by atoms with Crippen molar-refractivity contribution < 1.29 is 14.3 Å². The fourth-order valence-electron chi connectivity index (χ4n) is 4.75. The van der Waals surface area contributed by atoms with Crippen molar-refractivity contribution in [3.8, 4) is 23.1 Å². The molecule has 10 nitrogen and oxygen atoms in total. The van der Waals surface area contributed by atoms with Crippen molar-refractivity contribution >= 4 is 5.91 Å². The topological polar surface area (TPSA) is 109 Å². The Bertz CT molecular complexity index is 1410. The predicted octanol–water partition coefficient (Wildman–Crippen LogP) is 2.57. The number of carbonyl (C=O) groups excluding carboxylic acids is 1. The number of fused-ring (bicyclic) bond motifs is 1. The van der Waals surface area contributed by atoms with Crippen molar-refractivity contribution in [1.82, 2.24) is 34.6 Å². The van der Waals surface area contributed by atoms with Gasteiger partial charge in [0, 0.05) is 12.7 Å². The van der Waals surface area contributed by atoms with Crippen LogP contribution in [0.4, 0.5) is 0 Å². The van der Waals surface area contributed by atoms with Crippen molar-refractivity contribution in [2.24, 2.45) is 0 Å². The number of nitrogens with zero attached hydrogens (tertiary/aromatic N) is 6. The van der Waals surface area contributed by atoms with Crippen molar-refractivity contribution in [3.63, 3.8) is 0 Å². The van der Waals surface area contributed by atoms with E-state index >= 15 is 0 Å². The van der Waals surface area contributed by atoms with Gasteiger partial charge in [-0.1, -0.05) is 24.3 Å². The molecular formula is C25H25N7O3. The third kappa shape index (κ3) is 3.85. The number of ether oxygens (including phenoxy) is 2. The summed E-state index contributed by atoms with van der Waals surface area (Å²) in [5, 5.41) is 7.59. The smallest absolute Gasteiger partial charge is 0.238 e. The molecule has 1 saturated heterocycles. The van der Waals surface area contributed by atoms with Crippen molar-refractivity contribution in [3.05, 3.63) is 71.6 Å². The van der Waals surface area contributed by atoms with Crippen LogP contribution in [0.5, 0.6) is 5.88 Å². The number of pyridine rings is 1. The Hall–Kier alpha value is -4.05. The molecule has 2 aliphatic heterocycles. The van der Waals surface area contributed by atoms with Gasteiger partial charge in [0.2, 0.25) is 11.8 Å². The third-order valence-electron chi connectivity index (χ3n) is 6.53. The average molecular weight is 472 g/mol. The Labute approximate surface area is 201 Å².